The van der Waals surface area contributed by atoms with E-state index in [0.717, 1.165) is 9.13 Å². The van der Waals surface area contributed by atoms with Crippen LogP contribution >= 0.6 is 21.2 Å². The number of benzene rings is 1. The lowest BCUT2D eigenvalue weighted by Gasteiger charge is -2.02. The van der Waals surface area contributed by atoms with E-state index in [4.69, 9.17) is 0 Å². The molecule has 0 atom stereocenters. The molecule has 0 radical (unpaired) electrons. The first kappa shape index (κ1) is 15.6. The van der Waals surface area contributed by atoms with Crippen molar-refractivity contribution in [2.24, 2.45) is 10.3 Å². The van der Waals surface area contributed by atoms with E-state index in [1.165, 1.54) is 11.1 Å². The molecule has 7 heteroatoms. The Morgan fingerprint density at radius 1 is 1.00 bits per heavy atom. The van der Waals surface area contributed by atoms with Gasteiger partial charge in [0.15, 0.2) is 21.2 Å². The molecule has 5 nitrogen and oxygen atoms in total. The lowest BCUT2D eigenvalue weighted by molar-refractivity contribution is 0.599. The Bertz CT molecular complexity index is 478. The Morgan fingerprint density at radius 2 is 1.38 bits per heavy atom. The second-order valence-electron chi connectivity index (χ2n) is 3.35. The van der Waals surface area contributed by atoms with Gasteiger partial charge in [-0.15, -0.1) is 0 Å². The van der Waals surface area contributed by atoms with Crippen LogP contribution in [-0.2, 0) is 13.3 Å². The molecule has 4 N–H and O–H groups in total. The predicted octanol–water partition coefficient (Wildman–Crippen LogP) is 1.25. The highest BCUT2D eigenvalue weighted by Crippen LogP contribution is 2.19. The molecule has 0 saturated heterocycles. The molecule has 1 aromatic carbocycles. The highest BCUT2D eigenvalue weighted by Gasteiger charge is 2.00. The highest BCUT2D eigenvalue weighted by molar-refractivity contribution is 14.1. The van der Waals surface area contributed by atoms with Gasteiger partial charge in [-0.2, -0.15) is 8.42 Å². The first-order chi connectivity index (χ1) is 7.15. The highest BCUT2D eigenvalue weighted by atomic mass is 127. The van der Waals surface area contributed by atoms with Crippen molar-refractivity contribution in [3.05, 3.63) is 32.4 Å². The van der Waals surface area contributed by atoms with Crippen LogP contribution in [0, 0.1) is 24.3 Å². The van der Waals surface area contributed by atoms with Crippen molar-refractivity contribution in [1.82, 2.24) is 0 Å². The Morgan fingerprint density at radius 3 is 1.75 bits per heavy atom. The van der Waals surface area contributed by atoms with Crippen molar-refractivity contribution in [1.29, 1.82) is 0 Å². The van der Waals surface area contributed by atoms with Crippen molar-refractivity contribution < 1.29 is 11.5 Å². The van der Waals surface area contributed by atoms with Crippen LogP contribution < -0.4 is 10.3 Å². The third-order valence-electron chi connectivity index (χ3n) is 1.86. The molecule has 0 unspecified atom stereocenters. The molecular formula is C9H15IN2O3S. The van der Waals surface area contributed by atoms with E-state index in [-0.39, 0.29) is 0 Å². The normalized spacial score (nSPS) is 10.6. The van der Waals surface area contributed by atoms with Crippen LogP contribution in [0.4, 0.5) is 0 Å². The third kappa shape index (κ3) is 6.99. The summed E-state index contributed by atoms with van der Waals surface area (Å²) in [5, 5.41) is 8.21. The first-order valence-electron chi connectivity index (χ1n) is 4.30. The molecule has 0 aliphatic rings. The van der Waals surface area contributed by atoms with Gasteiger partial charge in [-0.1, -0.05) is 6.07 Å². The second-order valence-corrected chi connectivity index (χ2v) is 6.13. The van der Waals surface area contributed by atoms with Crippen molar-refractivity contribution >= 4 is 31.4 Å². The molecule has 0 amide bonds. The van der Waals surface area contributed by atoms with Gasteiger partial charge >= 0.3 is 0 Å². The summed E-state index contributed by atoms with van der Waals surface area (Å²) in [7, 11) is -3.67. The minimum Gasteiger partial charge on any atom is -0.265 e. The van der Waals surface area contributed by atoms with E-state index in [2.05, 4.69) is 30.2 Å². The monoisotopic (exact) mass is 358 g/mol. The van der Waals surface area contributed by atoms with Gasteiger partial charge in [0.2, 0.25) is 0 Å². The maximum Gasteiger partial charge on any atom is 0.271 e. The number of rotatable bonds is 1. The lowest BCUT2D eigenvalue weighted by Crippen LogP contribution is -2.21. The largest absolute Gasteiger partial charge is 0.271 e. The number of hydrogen-bond donors (Lipinski definition) is 2. The molecule has 0 aromatic heterocycles. The summed E-state index contributed by atoms with van der Waals surface area (Å²) in [5.74, 6) is 0. The van der Waals surface area contributed by atoms with E-state index in [1.54, 1.807) is 0 Å². The standard InChI is InChI=1S/C9H11IO.H4N2O2S/c1-6-4-8(3)9(10-11)5-7(6)2;1-5(2,3)4/h4-5H,1-3H3;(H4,1,2,3,4). The van der Waals surface area contributed by atoms with Gasteiger partial charge in [0.25, 0.3) is 10.2 Å². The number of hydrogen-bond acceptors (Lipinski definition) is 3. The molecule has 0 aliphatic carbocycles. The number of nitrogens with two attached hydrogens (primary N) is 2. The van der Waals surface area contributed by atoms with Gasteiger partial charge in [0, 0.05) is 3.57 Å². The summed E-state index contributed by atoms with van der Waals surface area (Å²) in [6.07, 6.45) is 0. The van der Waals surface area contributed by atoms with Crippen LogP contribution in [0.2, 0.25) is 0 Å². The van der Waals surface area contributed by atoms with Crippen molar-refractivity contribution in [3.63, 3.8) is 0 Å². The van der Waals surface area contributed by atoms with Gasteiger partial charge in [0.05, 0.1) is 0 Å². The molecule has 1 aromatic rings. The fourth-order valence-corrected chi connectivity index (χ4v) is 2.11. The molecule has 16 heavy (non-hydrogen) atoms. The zero-order chi connectivity index (χ0) is 12.9. The van der Waals surface area contributed by atoms with E-state index in [9.17, 15) is 11.5 Å². The Kier molecular flexibility index (Phi) is 6.23. The van der Waals surface area contributed by atoms with E-state index >= 15 is 0 Å². The maximum atomic E-state index is 10.7. The smallest absolute Gasteiger partial charge is 0.265 e. The van der Waals surface area contributed by atoms with Crippen LogP contribution in [-0.4, -0.2) is 8.42 Å². The fraction of sp³-hybridized carbons (Fsp3) is 0.333. The zero-order valence-corrected chi connectivity index (χ0v) is 12.3. The summed E-state index contributed by atoms with van der Waals surface area (Å²) in [6.45, 7) is 6.15. The maximum absolute atomic E-state index is 10.7. The molecule has 1 rings (SSSR count). The molecule has 92 valence electrons. The molecular weight excluding hydrogens is 343 g/mol. The van der Waals surface area contributed by atoms with E-state index in [0.29, 0.717) is 0 Å². The van der Waals surface area contributed by atoms with Crippen LogP contribution in [0.1, 0.15) is 16.7 Å². The van der Waals surface area contributed by atoms with Crippen LogP contribution in [0.5, 0.6) is 0 Å². The van der Waals surface area contributed by atoms with Crippen LogP contribution in [0.15, 0.2) is 12.1 Å². The molecule has 0 fully saturated rings. The molecule has 0 aliphatic heterocycles. The van der Waals surface area contributed by atoms with Crippen molar-refractivity contribution in [3.8, 4) is 0 Å². The predicted molar refractivity (Wildman–Crippen MR) is 71.4 cm³/mol. The molecule has 0 heterocycles. The Hall–Kier alpha value is -0.380. The zero-order valence-electron chi connectivity index (χ0n) is 9.32. The van der Waals surface area contributed by atoms with E-state index in [1.807, 2.05) is 13.0 Å². The van der Waals surface area contributed by atoms with Gasteiger partial charge in [-0.25, -0.2) is 10.3 Å². The molecule has 0 bridgehead atoms. The lowest BCUT2D eigenvalue weighted by atomic mass is 10.1. The first-order valence-corrected chi connectivity index (χ1v) is 7.87. The van der Waals surface area contributed by atoms with Gasteiger partial charge in [0.1, 0.15) is 0 Å². The van der Waals surface area contributed by atoms with Crippen molar-refractivity contribution in [2.75, 3.05) is 0 Å². The second kappa shape index (κ2) is 6.38. The Labute approximate surface area is 106 Å². The van der Waals surface area contributed by atoms with Gasteiger partial charge < -0.3 is 0 Å². The summed E-state index contributed by atoms with van der Waals surface area (Å²) >= 11 is -0.992. The van der Waals surface area contributed by atoms with Crippen molar-refractivity contribution in [2.45, 2.75) is 20.8 Å². The van der Waals surface area contributed by atoms with Crippen LogP contribution in [0.25, 0.3) is 0 Å². The summed E-state index contributed by atoms with van der Waals surface area (Å²) in [6, 6.07) is 4.13. The topological polar surface area (TPSA) is 103 Å². The minimum atomic E-state index is -3.67. The van der Waals surface area contributed by atoms with Gasteiger partial charge in [-0.05, 0) is 43.5 Å². The van der Waals surface area contributed by atoms with Crippen LogP contribution in [0.3, 0.4) is 0 Å². The van der Waals surface area contributed by atoms with Gasteiger partial charge in [-0.3, -0.25) is 3.07 Å². The SMILES string of the molecule is Cc1cc(C)c(I=O)cc1C.NS(N)(=O)=O. The van der Waals surface area contributed by atoms with E-state index < -0.39 is 31.4 Å². The summed E-state index contributed by atoms with van der Waals surface area (Å²) in [4.78, 5) is 0. The summed E-state index contributed by atoms with van der Waals surface area (Å²) in [5.41, 5.74) is 3.68. The number of aryl methyl sites for hydroxylation is 3. The Balaban J connectivity index is 0.000000385. The average Bonchev–Trinajstić information content (AvgIpc) is 2.08. The third-order valence-corrected chi connectivity index (χ3v) is 3.49. The quantitative estimate of drug-likeness (QED) is 0.739. The summed E-state index contributed by atoms with van der Waals surface area (Å²) < 4.78 is 30.1. The molecule has 0 spiro atoms. The molecule has 0 saturated carbocycles. The minimum absolute atomic E-state index is 0.992. The average molecular weight is 358 g/mol. The number of halogens is 1. The fourth-order valence-electron chi connectivity index (χ4n) is 1.01.